The van der Waals surface area contributed by atoms with Crippen LogP contribution in [0.2, 0.25) is 0 Å². The first kappa shape index (κ1) is 9.49. The van der Waals surface area contributed by atoms with Crippen LogP contribution < -0.4 is 0 Å². The molecule has 1 N–H and O–H groups in total. The highest BCUT2D eigenvalue weighted by molar-refractivity contribution is 9.10. The third kappa shape index (κ3) is 2.19. The highest BCUT2D eigenvalue weighted by atomic mass is 79.9. The summed E-state index contributed by atoms with van der Waals surface area (Å²) < 4.78 is 1.06. The Morgan fingerprint density at radius 1 is 1.50 bits per heavy atom. The normalized spacial score (nSPS) is 11.8. The number of aliphatic hydroxyl groups is 1. The lowest BCUT2D eigenvalue weighted by Crippen LogP contribution is -1.83. The number of rotatable bonds is 2. The van der Waals surface area contributed by atoms with Crippen LogP contribution in [-0.2, 0) is 0 Å². The van der Waals surface area contributed by atoms with E-state index in [1.54, 1.807) is 6.08 Å². The maximum Gasteiger partial charge on any atom is 0.0618 e. The van der Waals surface area contributed by atoms with Crippen molar-refractivity contribution in [3.63, 3.8) is 0 Å². The van der Waals surface area contributed by atoms with E-state index in [0.29, 0.717) is 0 Å². The maximum atomic E-state index is 8.70. The van der Waals surface area contributed by atoms with E-state index in [9.17, 15) is 0 Å². The number of aliphatic hydroxyl groups excluding tert-OH is 1. The molecule has 1 aromatic rings. The van der Waals surface area contributed by atoms with Crippen molar-refractivity contribution in [2.75, 3.05) is 6.61 Å². The van der Waals surface area contributed by atoms with Gasteiger partial charge in [-0.1, -0.05) is 40.2 Å². The molecule has 1 nitrogen and oxygen atoms in total. The van der Waals surface area contributed by atoms with E-state index >= 15 is 0 Å². The van der Waals surface area contributed by atoms with Crippen molar-refractivity contribution in [3.8, 4) is 0 Å². The van der Waals surface area contributed by atoms with Crippen LogP contribution in [0.5, 0.6) is 0 Å². The zero-order valence-corrected chi connectivity index (χ0v) is 8.51. The van der Waals surface area contributed by atoms with Gasteiger partial charge in [0, 0.05) is 4.47 Å². The molecule has 0 bridgehead atoms. The molecule has 0 radical (unpaired) electrons. The van der Waals surface area contributed by atoms with Crippen LogP contribution in [-0.4, -0.2) is 11.7 Å². The molecule has 2 heteroatoms. The lowest BCUT2D eigenvalue weighted by molar-refractivity contribution is 0.343. The quantitative estimate of drug-likeness (QED) is 0.823. The number of halogens is 1. The first-order valence-corrected chi connectivity index (χ1v) is 4.57. The smallest absolute Gasteiger partial charge is 0.0618 e. The van der Waals surface area contributed by atoms with E-state index in [0.717, 1.165) is 15.6 Å². The third-order valence-corrected chi connectivity index (χ3v) is 2.39. The second-order valence-electron chi connectivity index (χ2n) is 2.55. The Kier molecular flexibility index (Phi) is 3.50. The minimum absolute atomic E-state index is 0.0904. The van der Waals surface area contributed by atoms with E-state index in [-0.39, 0.29) is 6.61 Å². The average Bonchev–Trinajstić information content (AvgIpc) is 2.05. The van der Waals surface area contributed by atoms with Gasteiger partial charge in [0.2, 0.25) is 0 Å². The summed E-state index contributed by atoms with van der Waals surface area (Å²) in [4.78, 5) is 0. The Morgan fingerprint density at radius 3 is 2.75 bits per heavy atom. The molecule has 0 amide bonds. The summed E-state index contributed by atoms with van der Waals surface area (Å²) in [6.07, 6.45) is 1.79. The Bertz CT molecular complexity index is 292. The van der Waals surface area contributed by atoms with Gasteiger partial charge in [-0.2, -0.15) is 0 Å². The SMILES string of the molecule is C/C(=C\CO)c1ccccc1Br. The third-order valence-electron chi connectivity index (χ3n) is 1.70. The minimum Gasteiger partial charge on any atom is -0.392 e. The molecule has 0 atom stereocenters. The molecule has 64 valence electrons. The Morgan fingerprint density at radius 2 is 2.17 bits per heavy atom. The Labute approximate surface area is 80.9 Å². The molecule has 0 saturated heterocycles. The standard InChI is InChI=1S/C10H11BrO/c1-8(6-7-12)9-4-2-3-5-10(9)11/h2-6,12H,7H2,1H3/b8-6+. The lowest BCUT2D eigenvalue weighted by atomic mass is 10.1. The highest BCUT2D eigenvalue weighted by Gasteiger charge is 1.98. The molecule has 0 spiro atoms. The average molecular weight is 227 g/mol. The summed E-state index contributed by atoms with van der Waals surface area (Å²) in [5.41, 5.74) is 2.22. The van der Waals surface area contributed by atoms with E-state index in [4.69, 9.17) is 5.11 Å². The first-order chi connectivity index (χ1) is 5.75. The largest absolute Gasteiger partial charge is 0.392 e. The van der Waals surface area contributed by atoms with E-state index in [1.807, 2.05) is 31.2 Å². The first-order valence-electron chi connectivity index (χ1n) is 3.78. The summed E-state index contributed by atoms with van der Waals surface area (Å²) >= 11 is 3.44. The van der Waals surface area contributed by atoms with Gasteiger partial charge in [-0.15, -0.1) is 0 Å². The number of allylic oxidation sites excluding steroid dienone is 1. The van der Waals surface area contributed by atoms with Gasteiger partial charge in [-0.3, -0.25) is 0 Å². The van der Waals surface area contributed by atoms with Gasteiger partial charge in [0.05, 0.1) is 6.61 Å². The zero-order chi connectivity index (χ0) is 8.97. The second kappa shape index (κ2) is 4.43. The molecule has 0 saturated carbocycles. The molecule has 0 aliphatic rings. The molecular weight excluding hydrogens is 216 g/mol. The molecule has 0 heterocycles. The van der Waals surface area contributed by atoms with E-state index in [2.05, 4.69) is 15.9 Å². The van der Waals surface area contributed by atoms with Crippen LogP contribution in [0.3, 0.4) is 0 Å². The van der Waals surface area contributed by atoms with Crippen molar-refractivity contribution in [3.05, 3.63) is 40.4 Å². The van der Waals surface area contributed by atoms with Crippen LogP contribution in [0.15, 0.2) is 34.8 Å². The molecule has 1 aromatic carbocycles. The fourth-order valence-corrected chi connectivity index (χ4v) is 1.63. The summed E-state index contributed by atoms with van der Waals surface area (Å²) in [5, 5.41) is 8.70. The monoisotopic (exact) mass is 226 g/mol. The summed E-state index contributed by atoms with van der Waals surface area (Å²) in [7, 11) is 0. The van der Waals surface area contributed by atoms with Crippen LogP contribution in [0.25, 0.3) is 5.57 Å². The van der Waals surface area contributed by atoms with Crippen molar-refractivity contribution in [2.45, 2.75) is 6.92 Å². The zero-order valence-electron chi connectivity index (χ0n) is 6.92. The molecule has 0 aromatic heterocycles. The molecular formula is C10H11BrO. The molecule has 0 aliphatic heterocycles. The lowest BCUT2D eigenvalue weighted by Gasteiger charge is -2.02. The van der Waals surface area contributed by atoms with Crippen molar-refractivity contribution in [1.29, 1.82) is 0 Å². The Balaban J connectivity index is 3.02. The topological polar surface area (TPSA) is 20.2 Å². The van der Waals surface area contributed by atoms with Gasteiger partial charge in [0.25, 0.3) is 0 Å². The van der Waals surface area contributed by atoms with Gasteiger partial charge in [-0.25, -0.2) is 0 Å². The fraction of sp³-hybridized carbons (Fsp3) is 0.200. The molecule has 12 heavy (non-hydrogen) atoms. The number of hydrogen-bond donors (Lipinski definition) is 1. The predicted molar refractivity (Wildman–Crippen MR) is 54.9 cm³/mol. The van der Waals surface area contributed by atoms with Gasteiger partial charge in [0.1, 0.15) is 0 Å². The van der Waals surface area contributed by atoms with E-state index < -0.39 is 0 Å². The van der Waals surface area contributed by atoms with Crippen LogP contribution in [0, 0.1) is 0 Å². The van der Waals surface area contributed by atoms with Gasteiger partial charge < -0.3 is 5.11 Å². The Hall–Kier alpha value is -0.600. The van der Waals surface area contributed by atoms with Crippen LogP contribution in [0.1, 0.15) is 12.5 Å². The predicted octanol–water partition coefficient (Wildman–Crippen LogP) is 2.84. The minimum atomic E-state index is 0.0904. The van der Waals surface area contributed by atoms with Crippen LogP contribution in [0.4, 0.5) is 0 Å². The molecule has 0 aliphatic carbocycles. The summed E-state index contributed by atoms with van der Waals surface area (Å²) in [6, 6.07) is 7.96. The fourth-order valence-electron chi connectivity index (χ4n) is 1.03. The van der Waals surface area contributed by atoms with Crippen molar-refractivity contribution in [2.24, 2.45) is 0 Å². The van der Waals surface area contributed by atoms with Gasteiger partial charge >= 0.3 is 0 Å². The summed E-state index contributed by atoms with van der Waals surface area (Å²) in [6.45, 7) is 2.07. The van der Waals surface area contributed by atoms with E-state index in [1.165, 1.54) is 0 Å². The van der Waals surface area contributed by atoms with Crippen LogP contribution >= 0.6 is 15.9 Å². The van der Waals surface area contributed by atoms with Gasteiger partial charge in [-0.05, 0) is 24.1 Å². The summed E-state index contributed by atoms with van der Waals surface area (Å²) in [5.74, 6) is 0. The maximum absolute atomic E-state index is 8.70. The highest BCUT2D eigenvalue weighted by Crippen LogP contribution is 2.22. The molecule has 1 rings (SSSR count). The molecule has 0 fully saturated rings. The molecule has 0 unspecified atom stereocenters. The van der Waals surface area contributed by atoms with Crippen molar-refractivity contribution in [1.82, 2.24) is 0 Å². The van der Waals surface area contributed by atoms with Crippen molar-refractivity contribution >= 4 is 21.5 Å². The second-order valence-corrected chi connectivity index (χ2v) is 3.40. The number of hydrogen-bond acceptors (Lipinski definition) is 1. The van der Waals surface area contributed by atoms with Gasteiger partial charge in [0.15, 0.2) is 0 Å². The van der Waals surface area contributed by atoms with Crippen molar-refractivity contribution < 1.29 is 5.11 Å². The number of benzene rings is 1.